The zero-order chi connectivity index (χ0) is 15.2. The molecule has 1 saturated carbocycles. The number of hydrogen-bond acceptors (Lipinski definition) is 3. The van der Waals surface area contributed by atoms with Gasteiger partial charge in [-0.15, -0.1) is 0 Å². The Morgan fingerprint density at radius 2 is 1.86 bits per heavy atom. The normalized spacial score (nSPS) is 26.8. The lowest BCUT2D eigenvalue weighted by Gasteiger charge is -2.36. The molecule has 1 saturated heterocycles. The Balaban J connectivity index is 2.00. The van der Waals surface area contributed by atoms with Gasteiger partial charge in [0.05, 0.1) is 4.90 Å². The third-order valence-electron chi connectivity index (χ3n) is 5.23. The third-order valence-corrected chi connectivity index (χ3v) is 7.13. The predicted molar refractivity (Wildman–Crippen MR) is 84.6 cm³/mol. The number of nitrogen functional groups attached to an aromatic ring is 1. The van der Waals surface area contributed by atoms with Gasteiger partial charge in [0.1, 0.15) is 0 Å². The topological polar surface area (TPSA) is 63.4 Å². The number of sulfonamides is 1. The Morgan fingerprint density at radius 1 is 1.14 bits per heavy atom. The maximum Gasteiger partial charge on any atom is 0.243 e. The second-order valence-corrected chi connectivity index (χ2v) is 8.36. The maximum absolute atomic E-state index is 13.0. The van der Waals surface area contributed by atoms with Gasteiger partial charge in [-0.1, -0.05) is 6.42 Å². The molecular weight excluding hydrogens is 284 g/mol. The summed E-state index contributed by atoms with van der Waals surface area (Å²) in [6.07, 6.45) is 5.47. The molecule has 1 aromatic rings. The molecule has 2 atom stereocenters. The predicted octanol–water partition coefficient (Wildman–Crippen LogP) is 2.84. The average molecular weight is 308 g/mol. The number of aryl methyl sites for hydroxylation is 1. The minimum Gasteiger partial charge on any atom is -0.398 e. The summed E-state index contributed by atoms with van der Waals surface area (Å²) in [4.78, 5) is 0.357. The minimum absolute atomic E-state index is 0.201. The molecule has 2 fully saturated rings. The molecule has 0 aromatic heterocycles. The molecule has 0 spiro atoms. The van der Waals surface area contributed by atoms with Gasteiger partial charge in [-0.3, -0.25) is 0 Å². The summed E-state index contributed by atoms with van der Waals surface area (Å²) in [6, 6.07) is 3.59. The molecule has 1 aliphatic carbocycles. The number of anilines is 1. The lowest BCUT2D eigenvalue weighted by atomic mass is 9.94. The molecule has 0 amide bonds. The van der Waals surface area contributed by atoms with Crippen LogP contribution in [0.1, 0.15) is 43.2 Å². The van der Waals surface area contributed by atoms with Crippen LogP contribution in [0.4, 0.5) is 5.69 Å². The van der Waals surface area contributed by atoms with Gasteiger partial charge in [0.25, 0.3) is 0 Å². The smallest absolute Gasteiger partial charge is 0.243 e. The van der Waals surface area contributed by atoms with E-state index in [1.165, 1.54) is 12.8 Å². The largest absolute Gasteiger partial charge is 0.398 e. The minimum atomic E-state index is -3.42. The number of nitrogens with zero attached hydrogens (tertiary/aromatic N) is 1. The second-order valence-electron chi connectivity index (χ2n) is 6.47. The van der Waals surface area contributed by atoms with Crippen LogP contribution in [-0.4, -0.2) is 25.3 Å². The fourth-order valence-electron chi connectivity index (χ4n) is 3.84. The van der Waals surface area contributed by atoms with Crippen molar-refractivity contribution in [3.05, 3.63) is 23.3 Å². The van der Waals surface area contributed by atoms with Crippen LogP contribution in [-0.2, 0) is 10.0 Å². The van der Waals surface area contributed by atoms with E-state index in [4.69, 9.17) is 5.73 Å². The highest BCUT2D eigenvalue weighted by molar-refractivity contribution is 7.89. The summed E-state index contributed by atoms with van der Waals surface area (Å²) in [5.41, 5.74) is 8.44. The second kappa shape index (κ2) is 5.29. The summed E-state index contributed by atoms with van der Waals surface area (Å²) in [5.74, 6) is 0.553. The van der Waals surface area contributed by atoms with Gasteiger partial charge in [-0.2, -0.15) is 4.31 Å². The van der Waals surface area contributed by atoms with Gasteiger partial charge >= 0.3 is 0 Å². The number of fused-ring (bicyclic) bond motifs is 1. The highest BCUT2D eigenvalue weighted by atomic mass is 32.2. The maximum atomic E-state index is 13.0. The molecular formula is C16H24N2O2S. The van der Waals surface area contributed by atoms with Crippen molar-refractivity contribution in [1.82, 2.24) is 4.31 Å². The van der Waals surface area contributed by atoms with E-state index in [1.54, 1.807) is 16.4 Å². The molecule has 1 aliphatic heterocycles. The third kappa shape index (κ3) is 2.46. The molecule has 2 N–H and O–H groups in total. The van der Waals surface area contributed by atoms with E-state index in [9.17, 15) is 8.42 Å². The van der Waals surface area contributed by atoms with Crippen LogP contribution < -0.4 is 5.73 Å². The quantitative estimate of drug-likeness (QED) is 0.855. The molecule has 116 valence electrons. The molecule has 5 heteroatoms. The fourth-order valence-corrected chi connectivity index (χ4v) is 5.72. The molecule has 4 nitrogen and oxygen atoms in total. The Labute approximate surface area is 127 Å². The molecule has 1 aromatic carbocycles. The van der Waals surface area contributed by atoms with Crippen molar-refractivity contribution in [1.29, 1.82) is 0 Å². The van der Waals surface area contributed by atoms with E-state index < -0.39 is 10.0 Å². The Hall–Kier alpha value is -1.07. The van der Waals surface area contributed by atoms with E-state index in [2.05, 4.69) is 0 Å². The van der Waals surface area contributed by atoms with Crippen LogP contribution in [0.15, 0.2) is 17.0 Å². The molecule has 2 unspecified atom stereocenters. The molecule has 21 heavy (non-hydrogen) atoms. The van der Waals surface area contributed by atoms with E-state index in [0.717, 1.165) is 30.4 Å². The van der Waals surface area contributed by atoms with Gasteiger partial charge < -0.3 is 5.73 Å². The van der Waals surface area contributed by atoms with Crippen LogP contribution in [0.25, 0.3) is 0 Å². The first-order chi connectivity index (χ1) is 9.91. The SMILES string of the molecule is Cc1cc(S(=O)(=O)N2CCCC3CCCC32)cc(N)c1C. The lowest BCUT2D eigenvalue weighted by Crippen LogP contribution is -2.46. The summed E-state index contributed by atoms with van der Waals surface area (Å²) in [7, 11) is -3.42. The van der Waals surface area contributed by atoms with Gasteiger partial charge in [0.15, 0.2) is 0 Å². The van der Waals surface area contributed by atoms with E-state index in [-0.39, 0.29) is 6.04 Å². The Kier molecular flexibility index (Phi) is 3.74. The number of rotatable bonds is 2. The van der Waals surface area contributed by atoms with Crippen LogP contribution in [0.2, 0.25) is 0 Å². The van der Waals surface area contributed by atoms with Crippen molar-refractivity contribution in [2.45, 2.75) is 56.9 Å². The first kappa shape index (κ1) is 14.9. The number of piperidine rings is 1. The fraction of sp³-hybridized carbons (Fsp3) is 0.625. The lowest BCUT2D eigenvalue weighted by molar-refractivity contribution is 0.202. The van der Waals surface area contributed by atoms with Crippen molar-refractivity contribution in [2.24, 2.45) is 5.92 Å². The molecule has 3 rings (SSSR count). The highest BCUT2D eigenvalue weighted by Gasteiger charge is 2.41. The van der Waals surface area contributed by atoms with Gasteiger partial charge in [-0.25, -0.2) is 8.42 Å². The van der Waals surface area contributed by atoms with E-state index in [1.807, 2.05) is 13.8 Å². The van der Waals surface area contributed by atoms with Crippen LogP contribution >= 0.6 is 0 Å². The first-order valence-electron chi connectivity index (χ1n) is 7.80. The monoisotopic (exact) mass is 308 g/mol. The first-order valence-corrected chi connectivity index (χ1v) is 9.24. The van der Waals surface area contributed by atoms with Gasteiger partial charge in [-0.05, 0) is 68.7 Å². The van der Waals surface area contributed by atoms with Crippen LogP contribution in [0, 0.1) is 19.8 Å². The van der Waals surface area contributed by atoms with E-state index in [0.29, 0.717) is 23.0 Å². The molecule has 1 heterocycles. The van der Waals surface area contributed by atoms with E-state index >= 15 is 0 Å². The van der Waals surface area contributed by atoms with Crippen molar-refractivity contribution in [2.75, 3.05) is 12.3 Å². The summed E-state index contributed by atoms with van der Waals surface area (Å²) < 4.78 is 27.8. The number of hydrogen-bond donors (Lipinski definition) is 1. The van der Waals surface area contributed by atoms with Crippen molar-refractivity contribution in [3.8, 4) is 0 Å². The van der Waals surface area contributed by atoms with Crippen molar-refractivity contribution >= 4 is 15.7 Å². The number of nitrogens with two attached hydrogens (primary N) is 1. The van der Waals surface area contributed by atoms with Crippen molar-refractivity contribution < 1.29 is 8.42 Å². The van der Waals surface area contributed by atoms with Gasteiger partial charge in [0.2, 0.25) is 10.0 Å². The van der Waals surface area contributed by atoms with Crippen molar-refractivity contribution in [3.63, 3.8) is 0 Å². The zero-order valence-corrected chi connectivity index (χ0v) is 13.6. The standard InChI is InChI=1S/C16H24N2O2S/c1-11-9-14(10-15(17)12(11)2)21(19,20)18-8-4-6-13-5-3-7-16(13)18/h9-10,13,16H,3-8,17H2,1-2H3. The Morgan fingerprint density at radius 3 is 2.57 bits per heavy atom. The zero-order valence-electron chi connectivity index (χ0n) is 12.8. The van der Waals surface area contributed by atoms with Crippen LogP contribution in [0.3, 0.4) is 0 Å². The number of benzene rings is 1. The summed E-state index contributed by atoms with van der Waals surface area (Å²) >= 11 is 0. The van der Waals surface area contributed by atoms with Gasteiger partial charge in [0, 0.05) is 18.3 Å². The summed E-state index contributed by atoms with van der Waals surface area (Å²) in [6.45, 7) is 4.49. The average Bonchev–Trinajstić information content (AvgIpc) is 2.92. The molecule has 0 radical (unpaired) electrons. The highest BCUT2D eigenvalue weighted by Crippen LogP contribution is 2.39. The molecule has 0 bridgehead atoms. The summed E-state index contributed by atoms with van der Waals surface area (Å²) in [5, 5.41) is 0. The molecule has 2 aliphatic rings. The van der Waals surface area contributed by atoms with Crippen LogP contribution in [0.5, 0.6) is 0 Å². The Bertz CT molecular complexity index is 631.